The van der Waals surface area contributed by atoms with Crippen LogP contribution >= 0.6 is 11.3 Å². The van der Waals surface area contributed by atoms with E-state index in [1.54, 1.807) is 17.5 Å². The van der Waals surface area contributed by atoms with Crippen LogP contribution in [-0.2, 0) is 6.54 Å². The van der Waals surface area contributed by atoms with Crippen LogP contribution in [-0.4, -0.2) is 19.9 Å². The maximum absolute atomic E-state index is 10.4. The van der Waals surface area contributed by atoms with Gasteiger partial charge < -0.3 is 5.11 Å². The highest BCUT2D eigenvalue weighted by Crippen LogP contribution is 2.29. The summed E-state index contributed by atoms with van der Waals surface area (Å²) < 4.78 is 1.86. The van der Waals surface area contributed by atoms with Gasteiger partial charge in [0.05, 0.1) is 21.3 Å². The normalized spacial score (nSPS) is 12.9. The molecule has 0 fully saturated rings. The first kappa shape index (κ1) is 12.3. The van der Waals surface area contributed by atoms with Crippen LogP contribution in [0.25, 0.3) is 0 Å². The molecule has 1 atom stereocenters. The summed E-state index contributed by atoms with van der Waals surface area (Å²) in [6.07, 6.45) is 2.12. The van der Waals surface area contributed by atoms with Crippen molar-refractivity contribution >= 4 is 11.3 Å². The maximum Gasteiger partial charge on any atom is 0.132 e. The van der Waals surface area contributed by atoms with Crippen LogP contribution in [0.5, 0.6) is 0 Å². The van der Waals surface area contributed by atoms with E-state index in [1.165, 1.54) is 0 Å². The Kier molecular flexibility index (Phi) is 3.59. The van der Waals surface area contributed by atoms with E-state index in [1.807, 2.05) is 24.6 Å². The third-order valence-corrected chi connectivity index (χ3v) is 3.78. The third kappa shape index (κ3) is 2.40. The molecule has 0 amide bonds. The number of thiazole rings is 1. The minimum Gasteiger partial charge on any atom is -0.381 e. The van der Waals surface area contributed by atoms with Gasteiger partial charge in [0.2, 0.25) is 0 Å². The first-order valence-electron chi connectivity index (χ1n) is 5.77. The fourth-order valence-electron chi connectivity index (χ4n) is 1.91. The van der Waals surface area contributed by atoms with Crippen molar-refractivity contribution in [1.29, 1.82) is 0 Å². The number of rotatable bonds is 4. The number of aliphatic hydroxyl groups is 1. The Morgan fingerprint density at radius 2 is 2.24 bits per heavy atom. The summed E-state index contributed by atoms with van der Waals surface area (Å²) in [6, 6.07) is 1.87. The molecule has 0 bridgehead atoms. The van der Waals surface area contributed by atoms with E-state index in [-0.39, 0.29) is 0 Å². The highest BCUT2D eigenvalue weighted by atomic mass is 32.1. The maximum atomic E-state index is 10.4. The molecule has 0 aliphatic carbocycles. The van der Waals surface area contributed by atoms with Crippen LogP contribution < -0.4 is 0 Å². The van der Waals surface area contributed by atoms with Gasteiger partial charge in [0.15, 0.2) is 0 Å². The summed E-state index contributed by atoms with van der Waals surface area (Å²) in [5.41, 5.74) is 1.75. The van der Waals surface area contributed by atoms with Crippen LogP contribution in [0.1, 0.15) is 40.7 Å². The van der Waals surface area contributed by atoms with Crippen molar-refractivity contribution in [2.45, 2.75) is 39.8 Å². The highest BCUT2D eigenvalue weighted by Gasteiger charge is 2.20. The largest absolute Gasteiger partial charge is 0.381 e. The molecule has 0 aliphatic heterocycles. The van der Waals surface area contributed by atoms with Crippen LogP contribution in [0.15, 0.2) is 12.3 Å². The van der Waals surface area contributed by atoms with Crippen molar-refractivity contribution in [3.8, 4) is 0 Å². The molecule has 0 spiro atoms. The van der Waals surface area contributed by atoms with Crippen molar-refractivity contribution in [2.24, 2.45) is 0 Å². The Morgan fingerprint density at radius 3 is 2.82 bits per heavy atom. The quantitative estimate of drug-likeness (QED) is 0.908. The molecule has 0 saturated heterocycles. The second-order valence-corrected chi connectivity index (χ2v) is 5.30. The monoisotopic (exact) mass is 251 g/mol. The molecular formula is C12H17N3OS. The molecule has 17 heavy (non-hydrogen) atoms. The Balaban J connectivity index is 2.33. The zero-order chi connectivity index (χ0) is 12.4. The second-order valence-electron chi connectivity index (χ2n) is 4.06. The summed E-state index contributed by atoms with van der Waals surface area (Å²) >= 11 is 1.55. The van der Waals surface area contributed by atoms with E-state index in [0.717, 1.165) is 34.2 Å². The molecule has 2 heterocycles. The smallest absolute Gasteiger partial charge is 0.132 e. The van der Waals surface area contributed by atoms with Gasteiger partial charge in [-0.2, -0.15) is 5.10 Å². The first-order chi connectivity index (χ1) is 8.13. The van der Waals surface area contributed by atoms with E-state index < -0.39 is 6.10 Å². The summed E-state index contributed by atoms with van der Waals surface area (Å²) in [4.78, 5) is 5.26. The van der Waals surface area contributed by atoms with Gasteiger partial charge in [-0.05, 0) is 26.3 Å². The predicted octanol–water partition coefficient (Wildman–Crippen LogP) is 2.45. The van der Waals surface area contributed by atoms with Gasteiger partial charge in [0, 0.05) is 12.7 Å². The minimum atomic E-state index is -0.616. The zero-order valence-electron chi connectivity index (χ0n) is 10.3. The summed E-state index contributed by atoms with van der Waals surface area (Å²) in [7, 11) is 0. The van der Waals surface area contributed by atoms with Gasteiger partial charge in [-0.15, -0.1) is 11.3 Å². The fraction of sp³-hybridized carbons (Fsp3) is 0.500. The van der Waals surface area contributed by atoms with Crippen LogP contribution in [0.2, 0.25) is 0 Å². The van der Waals surface area contributed by atoms with Crippen molar-refractivity contribution in [3.63, 3.8) is 0 Å². The topological polar surface area (TPSA) is 50.9 Å². The Labute approximate surface area is 105 Å². The lowest BCUT2D eigenvalue weighted by molar-refractivity contribution is 0.210. The molecule has 1 N–H and O–H groups in total. The molecule has 92 valence electrons. The molecule has 4 nitrogen and oxygen atoms in total. The van der Waals surface area contributed by atoms with E-state index >= 15 is 0 Å². The molecular weight excluding hydrogens is 234 g/mol. The Morgan fingerprint density at radius 1 is 1.47 bits per heavy atom. The Bertz CT molecular complexity index is 504. The van der Waals surface area contributed by atoms with E-state index in [2.05, 4.69) is 17.0 Å². The summed E-state index contributed by atoms with van der Waals surface area (Å²) in [5, 5.41) is 15.6. The third-order valence-electron chi connectivity index (χ3n) is 2.65. The molecule has 2 rings (SSSR count). The van der Waals surface area contributed by atoms with Gasteiger partial charge in [-0.1, -0.05) is 6.92 Å². The molecule has 2 aromatic heterocycles. The summed E-state index contributed by atoms with van der Waals surface area (Å²) in [5.74, 6) is 0. The average Bonchev–Trinajstić information content (AvgIpc) is 2.85. The van der Waals surface area contributed by atoms with Gasteiger partial charge >= 0.3 is 0 Å². The predicted molar refractivity (Wildman–Crippen MR) is 68.2 cm³/mol. The molecule has 2 aromatic rings. The number of aliphatic hydroxyl groups excluding tert-OH is 1. The van der Waals surface area contributed by atoms with E-state index in [0.29, 0.717) is 0 Å². The Hall–Kier alpha value is -1.20. The number of aromatic nitrogens is 3. The standard InChI is InChI=1S/C12H17N3OS/c1-4-7-15-10(5-6-13-15)11(16)12-8(2)14-9(3)17-12/h5-6,11,16H,4,7H2,1-3H3. The van der Waals surface area contributed by atoms with Gasteiger partial charge in [-0.3, -0.25) is 4.68 Å². The van der Waals surface area contributed by atoms with E-state index in [4.69, 9.17) is 0 Å². The van der Waals surface area contributed by atoms with Crippen molar-refractivity contribution in [2.75, 3.05) is 0 Å². The zero-order valence-corrected chi connectivity index (χ0v) is 11.2. The van der Waals surface area contributed by atoms with Crippen LogP contribution in [0.4, 0.5) is 0 Å². The lowest BCUT2D eigenvalue weighted by Crippen LogP contribution is -2.09. The molecule has 5 heteroatoms. The number of hydrogen-bond acceptors (Lipinski definition) is 4. The number of nitrogens with zero attached hydrogens (tertiary/aromatic N) is 3. The SMILES string of the molecule is CCCn1nccc1C(O)c1sc(C)nc1C. The highest BCUT2D eigenvalue weighted by molar-refractivity contribution is 7.11. The molecule has 0 aliphatic rings. The second kappa shape index (κ2) is 4.98. The number of aryl methyl sites for hydroxylation is 3. The van der Waals surface area contributed by atoms with Gasteiger partial charge in [-0.25, -0.2) is 4.98 Å². The molecule has 0 saturated carbocycles. The van der Waals surface area contributed by atoms with Gasteiger partial charge in [0.1, 0.15) is 6.10 Å². The fourth-order valence-corrected chi connectivity index (χ4v) is 2.84. The van der Waals surface area contributed by atoms with Crippen molar-refractivity contribution < 1.29 is 5.11 Å². The van der Waals surface area contributed by atoms with E-state index in [9.17, 15) is 5.11 Å². The lowest BCUT2D eigenvalue weighted by Gasteiger charge is -2.11. The summed E-state index contributed by atoms with van der Waals surface area (Å²) in [6.45, 7) is 6.82. The lowest BCUT2D eigenvalue weighted by atomic mass is 10.2. The van der Waals surface area contributed by atoms with Crippen LogP contribution in [0.3, 0.4) is 0 Å². The minimum absolute atomic E-state index is 0.616. The van der Waals surface area contributed by atoms with Gasteiger partial charge in [0.25, 0.3) is 0 Å². The first-order valence-corrected chi connectivity index (χ1v) is 6.58. The van der Waals surface area contributed by atoms with Crippen molar-refractivity contribution in [3.05, 3.63) is 33.5 Å². The number of hydrogen-bond donors (Lipinski definition) is 1. The average molecular weight is 251 g/mol. The molecule has 0 radical (unpaired) electrons. The molecule has 1 unspecified atom stereocenters. The van der Waals surface area contributed by atoms with Crippen LogP contribution in [0, 0.1) is 13.8 Å². The van der Waals surface area contributed by atoms with Crippen molar-refractivity contribution in [1.82, 2.24) is 14.8 Å². The molecule has 0 aromatic carbocycles.